The molecule has 1 aromatic heterocycles. The van der Waals surface area contributed by atoms with Crippen molar-refractivity contribution >= 4 is 22.1 Å². The Labute approximate surface area is 123 Å². The molecule has 1 heterocycles. The lowest BCUT2D eigenvalue weighted by Gasteiger charge is -2.20. The number of nitrogens with zero attached hydrogens (tertiary/aromatic N) is 2. The fourth-order valence-corrected chi connectivity index (χ4v) is 2.43. The van der Waals surface area contributed by atoms with Crippen LogP contribution in [0.3, 0.4) is 0 Å². The van der Waals surface area contributed by atoms with E-state index in [0.29, 0.717) is 16.7 Å². The fraction of sp³-hybridized carbons (Fsp3) is 0.400. The average Bonchev–Trinajstić information content (AvgIpc) is 2.46. The molecular weight excluding hydrogens is 270 g/mol. The van der Waals surface area contributed by atoms with E-state index in [1.54, 1.807) is 18.3 Å². The number of nitro benzene ring substituents is 1. The Morgan fingerprint density at radius 1 is 1.33 bits per heavy atom. The van der Waals surface area contributed by atoms with Crippen molar-refractivity contribution in [2.24, 2.45) is 5.92 Å². The van der Waals surface area contributed by atoms with Crippen LogP contribution in [0.25, 0.3) is 10.8 Å². The minimum absolute atomic E-state index is 0.0108. The molecule has 0 fully saturated rings. The first kappa shape index (κ1) is 15.2. The van der Waals surface area contributed by atoms with E-state index in [0.717, 1.165) is 12.1 Å². The Morgan fingerprint density at radius 2 is 2.10 bits per heavy atom. The number of aliphatic hydroxyl groups excluding tert-OH is 1. The van der Waals surface area contributed by atoms with Crippen LogP contribution in [-0.2, 0) is 0 Å². The zero-order valence-corrected chi connectivity index (χ0v) is 12.1. The summed E-state index contributed by atoms with van der Waals surface area (Å²) in [7, 11) is 0. The molecule has 0 saturated carbocycles. The Hall–Kier alpha value is -2.21. The second kappa shape index (κ2) is 6.49. The third kappa shape index (κ3) is 3.46. The smallest absolute Gasteiger partial charge is 0.277 e. The van der Waals surface area contributed by atoms with E-state index < -0.39 is 4.92 Å². The van der Waals surface area contributed by atoms with Crippen LogP contribution in [-0.4, -0.2) is 27.7 Å². The number of aliphatic hydroxyl groups is 1. The molecule has 1 atom stereocenters. The van der Waals surface area contributed by atoms with Crippen molar-refractivity contribution < 1.29 is 10.0 Å². The van der Waals surface area contributed by atoms with Gasteiger partial charge in [0.05, 0.1) is 16.9 Å². The standard InChI is InChI=1S/C15H19N3O3/c1-10(2)7-11(9-19)17-14-3-4-15(18(20)21)12-5-6-16-8-13(12)14/h3-6,8,10-11,17,19H,7,9H2,1-2H3. The summed E-state index contributed by atoms with van der Waals surface area (Å²) in [6.07, 6.45) is 3.96. The lowest BCUT2D eigenvalue weighted by Crippen LogP contribution is -2.25. The molecule has 2 rings (SSSR count). The van der Waals surface area contributed by atoms with Gasteiger partial charge in [-0.1, -0.05) is 13.8 Å². The van der Waals surface area contributed by atoms with Gasteiger partial charge in [0.2, 0.25) is 0 Å². The number of hydrogen-bond acceptors (Lipinski definition) is 5. The predicted molar refractivity (Wildman–Crippen MR) is 82.3 cm³/mol. The highest BCUT2D eigenvalue weighted by Gasteiger charge is 2.16. The number of anilines is 1. The summed E-state index contributed by atoms with van der Waals surface area (Å²) in [4.78, 5) is 14.7. The van der Waals surface area contributed by atoms with Crippen molar-refractivity contribution in [1.29, 1.82) is 0 Å². The first-order valence-corrected chi connectivity index (χ1v) is 6.91. The largest absolute Gasteiger partial charge is 0.394 e. The molecule has 1 unspecified atom stereocenters. The summed E-state index contributed by atoms with van der Waals surface area (Å²) in [5.74, 6) is 0.442. The maximum Gasteiger partial charge on any atom is 0.277 e. The molecule has 2 aromatic rings. The van der Waals surface area contributed by atoms with Crippen molar-refractivity contribution in [2.75, 3.05) is 11.9 Å². The zero-order chi connectivity index (χ0) is 15.4. The molecule has 0 aliphatic rings. The summed E-state index contributed by atoms with van der Waals surface area (Å²) in [6.45, 7) is 4.18. The van der Waals surface area contributed by atoms with Crippen LogP contribution in [0.1, 0.15) is 20.3 Å². The molecular formula is C15H19N3O3. The fourth-order valence-electron chi connectivity index (χ4n) is 2.43. The highest BCUT2D eigenvalue weighted by atomic mass is 16.6. The van der Waals surface area contributed by atoms with Crippen molar-refractivity contribution in [3.8, 4) is 0 Å². The predicted octanol–water partition coefficient (Wildman–Crippen LogP) is 2.96. The Balaban J connectivity index is 2.41. The third-order valence-electron chi connectivity index (χ3n) is 3.33. The van der Waals surface area contributed by atoms with Crippen LogP contribution < -0.4 is 5.32 Å². The highest BCUT2D eigenvalue weighted by Crippen LogP contribution is 2.31. The van der Waals surface area contributed by atoms with E-state index >= 15 is 0 Å². The van der Waals surface area contributed by atoms with Gasteiger partial charge in [-0.15, -0.1) is 0 Å². The molecule has 2 N–H and O–H groups in total. The zero-order valence-electron chi connectivity index (χ0n) is 12.1. The summed E-state index contributed by atoms with van der Waals surface area (Å²) in [5.41, 5.74) is 0.811. The minimum Gasteiger partial charge on any atom is -0.394 e. The molecule has 0 radical (unpaired) electrons. The molecule has 21 heavy (non-hydrogen) atoms. The van der Waals surface area contributed by atoms with Gasteiger partial charge in [0, 0.05) is 35.6 Å². The van der Waals surface area contributed by atoms with Gasteiger partial charge < -0.3 is 10.4 Å². The van der Waals surface area contributed by atoms with Gasteiger partial charge in [-0.2, -0.15) is 0 Å². The molecule has 0 bridgehead atoms. The summed E-state index contributed by atoms with van der Waals surface area (Å²) < 4.78 is 0. The normalized spacial score (nSPS) is 12.6. The third-order valence-corrected chi connectivity index (χ3v) is 3.33. The number of non-ortho nitro benzene ring substituents is 1. The van der Waals surface area contributed by atoms with Gasteiger partial charge in [0.1, 0.15) is 0 Å². The van der Waals surface area contributed by atoms with Crippen LogP contribution in [0, 0.1) is 16.0 Å². The molecule has 6 nitrogen and oxygen atoms in total. The maximum absolute atomic E-state index is 11.1. The lowest BCUT2D eigenvalue weighted by molar-refractivity contribution is -0.383. The summed E-state index contributed by atoms with van der Waals surface area (Å²) in [5, 5.41) is 25.0. The molecule has 112 valence electrons. The van der Waals surface area contributed by atoms with Gasteiger partial charge >= 0.3 is 0 Å². The number of rotatable bonds is 6. The second-order valence-corrected chi connectivity index (χ2v) is 5.46. The second-order valence-electron chi connectivity index (χ2n) is 5.46. The Bertz CT molecular complexity index is 643. The average molecular weight is 289 g/mol. The van der Waals surface area contributed by atoms with Gasteiger partial charge in [-0.05, 0) is 24.5 Å². The summed E-state index contributed by atoms with van der Waals surface area (Å²) in [6, 6.07) is 4.70. The van der Waals surface area contributed by atoms with Gasteiger partial charge in [0.15, 0.2) is 0 Å². The van der Waals surface area contributed by atoms with Gasteiger partial charge in [-0.25, -0.2) is 0 Å². The van der Waals surface area contributed by atoms with E-state index in [4.69, 9.17) is 0 Å². The van der Waals surface area contributed by atoms with Crippen molar-refractivity contribution in [2.45, 2.75) is 26.3 Å². The van der Waals surface area contributed by atoms with Gasteiger partial charge in [-0.3, -0.25) is 15.1 Å². The van der Waals surface area contributed by atoms with Crippen molar-refractivity contribution in [1.82, 2.24) is 4.98 Å². The van der Waals surface area contributed by atoms with Crippen LogP contribution >= 0.6 is 0 Å². The lowest BCUT2D eigenvalue weighted by atomic mass is 10.0. The molecule has 0 aliphatic heterocycles. The molecule has 0 spiro atoms. The van der Waals surface area contributed by atoms with E-state index in [1.807, 2.05) is 0 Å². The molecule has 0 saturated heterocycles. The topological polar surface area (TPSA) is 88.3 Å². The monoisotopic (exact) mass is 289 g/mol. The van der Waals surface area contributed by atoms with Crippen LogP contribution in [0.15, 0.2) is 30.6 Å². The molecule has 1 aromatic carbocycles. The van der Waals surface area contributed by atoms with Crippen molar-refractivity contribution in [3.05, 3.63) is 40.7 Å². The Morgan fingerprint density at radius 3 is 2.71 bits per heavy atom. The molecule has 6 heteroatoms. The quantitative estimate of drug-likeness (QED) is 0.630. The number of fused-ring (bicyclic) bond motifs is 1. The number of benzene rings is 1. The van der Waals surface area contributed by atoms with E-state index in [1.165, 1.54) is 12.3 Å². The maximum atomic E-state index is 11.1. The highest BCUT2D eigenvalue weighted by molar-refractivity contribution is 5.99. The minimum atomic E-state index is -0.399. The molecule has 0 aliphatic carbocycles. The Kier molecular flexibility index (Phi) is 4.70. The van der Waals surface area contributed by atoms with E-state index in [2.05, 4.69) is 24.1 Å². The van der Waals surface area contributed by atoms with Crippen molar-refractivity contribution in [3.63, 3.8) is 0 Å². The number of hydrogen-bond donors (Lipinski definition) is 2. The van der Waals surface area contributed by atoms with Crippen LogP contribution in [0.2, 0.25) is 0 Å². The number of nitro groups is 1. The first-order chi connectivity index (χ1) is 10.0. The van der Waals surface area contributed by atoms with E-state index in [-0.39, 0.29) is 18.3 Å². The van der Waals surface area contributed by atoms with Crippen LogP contribution in [0.4, 0.5) is 11.4 Å². The number of pyridine rings is 1. The SMILES string of the molecule is CC(C)CC(CO)Nc1ccc([N+](=O)[O-])c2ccncc12. The van der Waals surface area contributed by atoms with E-state index in [9.17, 15) is 15.2 Å². The number of nitrogens with one attached hydrogen (secondary N) is 1. The summed E-state index contributed by atoms with van der Waals surface area (Å²) >= 11 is 0. The number of aromatic nitrogens is 1. The molecule has 0 amide bonds. The van der Waals surface area contributed by atoms with Crippen LogP contribution in [0.5, 0.6) is 0 Å². The van der Waals surface area contributed by atoms with Gasteiger partial charge in [0.25, 0.3) is 5.69 Å². The first-order valence-electron chi connectivity index (χ1n) is 6.91.